The van der Waals surface area contributed by atoms with E-state index in [9.17, 15) is 34.2 Å². The summed E-state index contributed by atoms with van der Waals surface area (Å²) in [5, 5.41) is 44.0. The molecule has 11 N–H and O–H groups in total. The van der Waals surface area contributed by atoms with Gasteiger partial charge in [0.2, 0.25) is 23.6 Å². The maximum absolute atomic E-state index is 13.1. The van der Waals surface area contributed by atoms with Crippen LogP contribution < -0.4 is 27.4 Å². The van der Waals surface area contributed by atoms with Gasteiger partial charge in [-0.15, -0.1) is 0 Å². The first-order valence-electron chi connectivity index (χ1n) is 10.6. The fourth-order valence-corrected chi connectivity index (χ4v) is 2.85. The molecular weight excluding hydrogens is 466 g/mol. The molecule has 14 nitrogen and oxygen atoms in total. The van der Waals surface area contributed by atoms with Gasteiger partial charge >= 0.3 is 5.97 Å². The Morgan fingerprint density at radius 1 is 0.914 bits per heavy atom. The van der Waals surface area contributed by atoms with E-state index in [4.69, 9.17) is 21.7 Å². The second-order valence-corrected chi connectivity index (χ2v) is 7.85. The number of primary amides is 1. The van der Waals surface area contributed by atoms with Gasteiger partial charge in [0.25, 0.3) is 0 Å². The fourth-order valence-electron chi connectivity index (χ4n) is 2.85. The Labute approximate surface area is 200 Å². The second-order valence-electron chi connectivity index (χ2n) is 7.85. The minimum Gasteiger partial charge on any atom is -0.508 e. The van der Waals surface area contributed by atoms with Crippen molar-refractivity contribution in [2.24, 2.45) is 11.5 Å². The first kappa shape index (κ1) is 29.3. The van der Waals surface area contributed by atoms with E-state index >= 15 is 0 Å². The van der Waals surface area contributed by atoms with Gasteiger partial charge in [0, 0.05) is 12.8 Å². The van der Waals surface area contributed by atoms with Crippen molar-refractivity contribution in [1.82, 2.24) is 16.0 Å². The minimum absolute atomic E-state index is 0.0324. The van der Waals surface area contributed by atoms with Crippen molar-refractivity contribution in [2.75, 3.05) is 6.61 Å². The SMILES string of the molecule is CC(O)C(N)C(=O)NC(Cc1ccc(O)cc1)C(=O)NC(CCC(N)=O)C(=O)NC(CO)C(=O)O. The zero-order chi connectivity index (χ0) is 26.7. The van der Waals surface area contributed by atoms with Crippen molar-refractivity contribution >= 4 is 29.6 Å². The number of carbonyl (C=O) groups is 5. The summed E-state index contributed by atoms with van der Waals surface area (Å²) in [7, 11) is 0. The summed E-state index contributed by atoms with van der Waals surface area (Å²) >= 11 is 0. The Morgan fingerprint density at radius 3 is 1.91 bits per heavy atom. The third-order valence-corrected chi connectivity index (χ3v) is 4.94. The number of nitrogens with one attached hydrogen (secondary N) is 3. The molecule has 5 atom stereocenters. The van der Waals surface area contributed by atoms with Gasteiger partial charge in [0.15, 0.2) is 0 Å². The number of aliphatic hydroxyl groups excluding tert-OH is 2. The molecule has 1 rings (SSSR count). The Bertz CT molecular complexity index is 907. The van der Waals surface area contributed by atoms with Gasteiger partial charge in [0.1, 0.15) is 29.9 Å². The second kappa shape index (κ2) is 13.8. The van der Waals surface area contributed by atoms with Gasteiger partial charge in [-0.2, -0.15) is 0 Å². The molecule has 0 fully saturated rings. The number of carbonyl (C=O) groups excluding carboxylic acids is 4. The molecule has 5 unspecified atom stereocenters. The summed E-state index contributed by atoms with van der Waals surface area (Å²) in [6.45, 7) is 0.359. The summed E-state index contributed by atoms with van der Waals surface area (Å²) in [5.74, 6) is -5.09. The quantitative estimate of drug-likeness (QED) is 0.122. The van der Waals surface area contributed by atoms with E-state index in [1.54, 1.807) is 0 Å². The number of phenolic OH excluding ortho intramolecular Hbond substituents is 1. The van der Waals surface area contributed by atoms with Crippen molar-refractivity contribution in [3.05, 3.63) is 29.8 Å². The molecule has 0 aliphatic rings. The van der Waals surface area contributed by atoms with Crippen molar-refractivity contribution < 1.29 is 44.4 Å². The maximum atomic E-state index is 13.1. The van der Waals surface area contributed by atoms with Gasteiger partial charge in [0.05, 0.1) is 12.7 Å². The highest BCUT2D eigenvalue weighted by Crippen LogP contribution is 2.12. The molecule has 0 spiro atoms. The smallest absolute Gasteiger partial charge is 0.328 e. The molecule has 194 valence electrons. The fraction of sp³-hybridized carbons (Fsp3) is 0.476. The van der Waals surface area contributed by atoms with Crippen LogP contribution in [-0.4, -0.2) is 86.9 Å². The van der Waals surface area contributed by atoms with Crippen molar-refractivity contribution in [3.8, 4) is 5.75 Å². The van der Waals surface area contributed by atoms with E-state index in [-0.39, 0.29) is 25.0 Å². The summed E-state index contributed by atoms with van der Waals surface area (Å²) in [4.78, 5) is 60.4. The lowest BCUT2D eigenvalue weighted by Gasteiger charge is -2.25. The third kappa shape index (κ3) is 9.95. The van der Waals surface area contributed by atoms with Crippen LogP contribution in [0.15, 0.2) is 24.3 Å². The molecule has 1 aromatic rings. The molecule has 0 radical (unpaired) electrons. The molecule has 0 aromatic heterocycles. The topological polar surface area (TPSA) is 254 Å². The average molecular weight is 498 g/mol. The van der Waals surface area contributed by atoms with Gasteiger partial charge < -0.3 is 47.8 Å². The van der Waals surface area contributed by atoms with E-state index in [1.165, 1.54) is 31.2 Å². The number of phenols is 1. The number of aromatic hydroxyl groups is 1. The number of hydrogen-bond acceptors (Lipinski definition) is 9. The van der Waals surface area contributed by atoms with E-state index in [2.05, 4.69) is 10.6 Å². The van der Waals surface area contributed by atoms with E-state index in [0.717, 1.165) is 0 Å². The first-order chi connectivity index (χ1) is 16.3. The number of nitrogens with two attached hydrogens (primary N) is 2. The lowest BCUT2D eigenvalue weighted by Crippen LogP contribution is -2.59. The Morgan fingerprint density at radius 2 is 1.43 bits per heavy atom. The summed E-state index contributed by atoms with van der Waals surface area (Å²) < 4.78 is 0. The molecule has 14 heteroatoms. The maximum Gasteiger partial charge on any atom is 0.328 e. The predicted octanol–water partition coefficient (Wildman–Crippen LogP) is -3.56. The van der Waals surface area contributed by atoms with Gasteiger partial charge in [-0.25, -0.2) is 4.79 Å². The number of aliphatic carboxylic acids is 1. The Balaban J connectivity index is 3.14. The zero-order valence-corrected chi connectivity index (χ0v) is 19.0. The monoisotopic (exact) mass is 497 g/mol. The predicted molar refractivity (Wildman–Crippen MR) is 120 cm³/mol. The molecule has 0 heterocycles. The largest absolute Gasteiger partial charge is 0.508 e. The minimum atomic E-state index is -1.66. The normalized spacial score (nSPS) is 15.1. The zero-order valence-electron chi connectivity index (χ0n) is 19.0. The van der Waals surface area contributed by atoms with E-state index in [1.807, 2.05) is 5.32 Å². The summed E-state index contributed by atoms with van der Waals surface area (Å²) in [6.07, 6.45) is -1.97. The molecule has 4 amide bonds. The van der Waals surface area contributed by atoms with Crippen LogP contribution in [0.5, 0.6) is 5.75 Å². The third-order valence-electron chi connectivity index (χ3n) is 4.94. The molecule has 0 aliphatic carbocycles. The Kier molecular flexibility index (Phi) is 11.6. The molecule has 0 aliphatic heterocycles. The van der Waals surface area contributed by atoms with Crippen molar-refractivity contribution in [2.45, 2.75) is 56.5 Å². The van der Waals surface area contributed by atoms with Gasteiger partial charge in [-0.1, -0.05) is 12.1 Å². The van der Waals surface area contributed by atoms with Crippen LogP contribution in [0, 0.1) is 0 Å². The number of carboxylic acid groups (broad SMARTS) is 1. The molecule has 0 saturated heterocycles. The number of hydrogen-bond donors (Lipinski definition) is 9. The van der Waals surface area contributed by atoms with Crippen LogP contribution in [0.1, 0.15) is 25.3 Å². The summed E-state index contributed by atoms with van der Waals surface area (Å²) in [6, 6.07) is -0.0671. The van der Waals surface area contributed by atoms with E-state index < -0.39 is 66.5 Å². The number of benzene rings is 1. The molecular formula is C21H31N5O9. The van der Waals surface area contributed by atoms with Crippen LogP contribution in [0.25, 0.3) is 0 Å². The highest BCUT2D eigenvalue weighted by molar-refractivity contribution is 5.94. The number of carboxylic acids is 1. The van der Waals surface area contributed by atoms with Crippen LogP contribution >= 0.6 is 0 Å². The van der Waals surface area contributed by atoms with Crippen LogP contribution in [0.3, 0.4) is 0 Å². The lowest BCUT2D eigenvalue weighted by atomic mass is 10.0. The van der Waals surface area contributed by atoms with Crippen molar-refractivity contribution in [3.63, 3.8) is 0 Å². The average Bonchev–Trinajstić information content (AvgIpc) is 2.79. The molecule has 35 heavy (non-hydrogen) atoms. The van der Waals surface area contributed by atoms with Crippen molar-refractivity contribution in [1.29, 1.82) is 0 Å². The number of aliphatic hydroxyl groups is 2. The van der Waals surface area contributed by atoms with E-state index in [0.29, 0.717) is 5.56 Å². The van der Waals surface area contributed by atoms with Gasteiger partial charge in [-0.3, -0.25) is 19.2 Å². The number of amides is 4. The highest BCUT2D eigenvalue weighted by Gasteiger charge is 2.31. The lowest BCUT2D eigenvalue weighted by molar-refractivity contribution is -0.143. The molecule has 0 saturated carbocycles. The van der Waals surface area contributed by atoms with Crippen LogP contribution in [0.4, 0.5) is 0 Å². The van der Waals surface area contributed by atoms with Gasteiger partial charge in [-0.05, 0) is 31.0 Å². The van der Waals surface area contributed by atoms with Crippen LogP contribution in [0.2, 0.25) is 0 Å². The first-order valence-corrected chi connectivity index (χ1v) is 10.6. The molecule has 1 aromatic carbocycles. The molecule has 0 bridgehead atoms. The Hall–Kier alpha value is -3.75. The summed E-state index contributed by atoms with van der Waals surface area (Å²) in [5.41, 5.74) is 11.3. The highest BCUT2D eigenvalue weighted by atomic mass is 16.4. The standard InChI is InChI=1S/C21H31N5O9/c1-10(28)17(23)20(33)25-14(8-11-2-4-12(29)5-3-11)19(32)24-13(6-7-16(22)30)18(31)26-15(9-27)21(34)35/h2-5,10,13-15,17,27-29H,6-9,23H2,1H3,(H2,22,30)(H,24,32)(H,25,33)(H,26,31)(H,34,35). The van der Waals surface area contributed by atoms with Crippen LogP contribution in [-0.2, 0) is 30.4 Å². The number of rotatable bonds is 14.